The fourth-order valence-electron chi connectivity index (χ4n) is 3.64. The molecule has 174 valence electrons. The third kappa shape index (κ3) is 8.01. The molecule has 0 unspecified atom stereocenters. The minimum atomic E-state index is 0.122. The molecular weight excluding hydrogens is 418 g/mol. The van der Waals surface area contributed by atoms with Gasteiger partial charge in [0.05, 0.1) is 6.61 Å². The second kappa shape index (κ2) is 14.0. The van der Waals surface area contributed by atoms with Crippen molar-refractivity contribution in [3.8, 4) is 0 Å². The predicted molar refractivity (Wildman–Crippen MR) is 139 cm³/mol. The van der Waals surface area contributed by atoms with Crippen molar-refractivity contribution >= 4 is 33.9 Å². The van der Waals surface area contributed by atoms with Crippen molar-refractivity contribution < 1.29 is 9.90 Å². The van der Waals surface area contributed by atoms with E-state index >= 15 is 0 Å². The van der Waals surface area contributed by atoms with Crippen LogP contribution in [0.3, 0.4) is 0 Å². The lowest BCUT2D eigenvalue weighted by Gasteiger charge is -2.17. The van der Waals surface area contributed by atoms with Crippen molar-refractivity contribution in [1.29, 1.82) is 0 Å². The Morgan fingerprint density at radius 3 is 2.75 bits per heavy atom. The van der Waals surface area contributed by atoms with E-state index in [1.165, 1.54) is 33.9 Å². The van der Waals surface area contributed by atoms with E-state index in [0.717, 1.165) is 37.4 Å². The van der Waals surface area contributed by atoms with Gasteiger partial charge in [-0.2, -0.15) is 0 Å². The topological polar surface area (TPSA) is 57.5 Å². The van der Waals surface area contributed by atoms with Crippen molar-refractivity contribution in [1.82, 2.24) is 14.8 Å². The van der Waals surface area contributed by atoms with E-state index in [0.29, 0.717) is 6.54 Å². The Bertz CT molecular complexity index is 959. The molecule has 0 aliphatic heterocycles. The molecule has 1 aromatic carbocycles. The van der Waals surface area contributed by atoms with Gasteiger partial charge >= 0.3 is 0 Å². The molecular formula is C26H37N3O2S. The molecule has 0 fully saturated rings. The second-order valence-electron chi connectivity index (χ2n) is 7.80. The minimum absolute atomic E-state index is 0.122. The summed E-state index contributed by atoms with van der Waals surface area (Å²) in [5, 5.41) is 13.4. The van der Waals surface area contributed by atoms with Crippen LogP contribution in [0, 0.1) is 6.92 Å². The van der Waals surface area contributed by atoms with Gasteiger partial charge in [-0.05, 0) is 57.8 Å². The largest absolute Gasteiger partial charge is 0.395 e. The molecule has 0 saturated heterocycles. The number of nitrogens with zero attached hydrogens (tertiary/aromatic N) is 2. The number of aryl methyl sites for hydroxylation is 1. The predicted octanol–water partition coefficient (Wildman–Crippen LogP) is 4.61. The van der Waals surface area contributed by atoms with Gasteiger partial charge in [-0.15, -0.1) is 0 Å². The highest BCUT2D eigenvalue weighted by atomic mass is 32.2. The van der Waals surface area contributed by atoms with Crippen LogP contribution in [-0.2, 0) is 11.3 Å². The van der Waals surface area contributed by atoms with Crippen molar-refractivity contribution in [2.75, 3.05) is 39.0 Å². The average Bonchev–Trinajstić information content (AvgIpc) is 3.04. The van der Waals surface area contributed by atoms with Crippen molar-refractivity contribution in [2.24, 2.45) is 0 Å². The van der Waals surface area contributed by atoms with Crippen molar-refractivity contribution in [3.63, 3.8) is 0 Å². The molecule has 2 aromatic rings. The van der Waals surface area contributed by atoms with Gasteiger partial charge < -0.3 is 19.9 Å². The van der Waals surface area contributed by atoms with Crippen LogP contribution >= 0.6 is 11.8 Å². The van der Waals surface area contributed by atoms with Crippen LogP contribution in [0.2, 0.25) is 0 Å². The van der Waals surface area contributed by atoms with E-state index in [4.69, 9.17) is 5.11 Å². The fourth-order valence-corrected chi connectivity index (χ4v) is 4.33. The molecule has 0 amide bonds. The molecule has 0 aliphatic rings. The third-order valence-electron chi connectivity index (χ3n) is 5.41. The zero-order valence-corrected chi connectivity index (χ0v) is 20.6. The maximum Gasteiger partial charge on any atom is 0.185 e. The Balaban J connectivity index is 2.10. The van der Waals surface area contributed by atoms with Crippen LogP contribution in [-0.4, -0.2) is 58.7 Å². The molecule has 1 aromatic heterocycles. The van der Waals surface area contributed by atoms with E-state index in [9.17, 15) is 4.79 Å². The standard InChI is InChI=1S/C26H37N3O2S/c1-5-23(13-14-27-15-19-30)11-12-24-21(2)29(26-10-7-6-9-25(24)26)17-8-16-28(4)18-20-32-22(3)31/h5-7,9-14,27,30H,8,15-20H2,1-4H3/b12-11+,14-13-,23-5-. The molecule has 0 spiro atoms. The monoisotopic (exact) mass is 455 g/mol. The number of nitrogens with one attached hydrogen (secondary N) is 1. The second-order valence-corrected chi connectivity index (χ2v) is 9.07. The van der Waals surface area contributed by atoms with Gasteiger partial charge in [0.1, 0.15) is 0 Å². The summed E-state index contributed by atoms with van der Waals surface area (Å²) in [6.07, 6.45) is 11.4. The lowest BCUT2D eigenvalue weighted by molar-refractivity contribution is -0.109. The summed E-state index contributed by atoms with van der Waals surface area (Å²) in [5.74, 6) is 0.851. The number of aromatic nitrogens is 1. The molecule has 2 rings (SSSR count). The Morgan fingerprint density at radius 1 is 1.25 bits per heavy atom. The number of benzene rings is 1. The molecule has 32 heavy (non-hydrogen) atoms. The zero-order valence-electron chi connectivity index (χ0n) is 19.8. The van der Waals surface area contributed by atoms with E-state index < -0.39 is 0 Å². The number of thioether (sulfide) groups is 1. The van der Waals surface area contributed by atoms with Crippen LogP contribution in [0.5, 0.6) is 0 Å². The lowest BCUT2D eigenvalue weighted by atomic mass is 10.1. The summed E-state index contributed by atoms with van der Waals surface area (Å²) in [7, 11) is 2.12. The maximum atomic E-state index is 11.1. The Hall–Kier alpha value is -2.28. The van der Waals surface area contributed by atoms with Crippen molar-refractivity contribution in [2.45, 2.75) is 33.7 Å². The average molecular weight is 456 g/mol. The van der Waals surface area contributed by atoms with Crippen LogP contribution in [0.15, 0.2) is 54.3 Å². The number of rotatable bonds is 13. The summed E-state index contributed by atoms with van der Waals surface area (Å²) < 4.78 is 2.42. The molecule has 2 N–H and O–H groups in total. The van der Waals surface area contributed by atoms with Crippen LogP contribution in [0.4, 0.5) is 0 Å². The van der Waals surface area contributed by atoms with Crippen LogP contribution in [0.25, 0.3) is 17.0 Å². The van der Waals surface area contributed by atoms with Gasteiger partial charge in [-0.25, -0.2) is 0 Å². The first kappa shape index (κ1) is 26.0. The maximum absolute atomic E-state index is 11.1. The normalized spacial score (nSPS) is 12.6. The Labute approximate surface area is 196 Å². The third-order valence-corrected chi connectivity index (χ3v) is 6.20. The van der Waals surface area contributed by atoms with E-state index in [1.54, 1.807) is 6.92 Å². The van der Waals surface area contributed by atoms with E-state index in [2.05, 4.69) is 71.2 Å². The van der Waals surface area contributed by atoms with Crippen LogP contribution in [0.1, 0.15) is 31.5 Å². The molecule has 6 heteroatoms. The zero-order chi connectivity index (χ0) is 23.3. The highest BCUT2D eigenvalue weighted by Gasteiger charge is 2.12. The van der Waals surface area contributed by atoms with Gasteiger partial charge in [0.25, 0.3) is 0 Å². The van der Waals surface area contributed by atoms with Crippen LogP contribution < -0.4 is 5.32 Å². The van der Waals surface area contributed by atoms with Crippen molar-refractivity contribution in [3.05, 3.63) is 65.5 Å². The first-order chi connectivity index (χ1) is 15.5. The molecule has 0 atom stereocenters. The molecule has 1 heterocycles. The SMILES string of the molecule is C/C=C(\C=C/NCCO)/C=C/c1c(C)n(CCCN(C)CCSC(C)=O)c2ccccc12. The number of hydrogen-bond acceptors (Lipinski definition) is 5. The summed E-state index contributed by atoms with van der Waals surface area (Å²) >= 11 is 1.40. The lowest BCUT2D eigenvalue weighted by Crippen LogP contribution is -2.23. The van der Waals surface area contributed by atoms with Gasteiger partial charge in [0.2, 0.25) is 0 Å². The highest BCUT2D eigenvalue weighted by molar-refractivity contribution is 8.13. The van der Waals surface area contributed by atoms with Gasteiger partial charge in [-0.1, -0.05) is 48.2 Å². The molecule has 0 radical (unpaired) electrons. The quantitative estimate of drug-likeness (QED) is 0.341. The Kier molecular flexibility index (Phi) is 11.4. The van der Waals surface area contributed by atoms with E-state index in [1.807, 2.05) is 19.2 Å². The first-order valence-electron chi connectivity index (χ1n) is 11.2. The molecule has 0 bridgehead atoms. The smallest absolute Gasteiger partial charge is 0.185 e. The van der Waals surface area contributed by atoms with Gasteiger partial charge in [0.15, 0.2) is 5.12 Å². The molecule has 5 nitrogen and oxygen atoms in total. The molecule has 0 saturated carbocycles. The molecule has 0 aliphatic carbocycles. The van der Waals surface area contributed by atoms with E-state index in [-0.39, 0.29) is 11.7 Å². The highest BCUT2D eigenvalue weighted by Crippen LogP contribution is 2.27. The number of hydrogen-bond donors (Lipinski definition) is 2. The Morgan fingerprint density at radius 2 is 2.03 bits per heavy atom. The van der Waals surface area contributed by atoms with Gasteiger partial charge in [0, 0.05) is 54.5 Å². The summed E-state index contributed by atoms with van der Waals surface area (Å²) in [6.45, 7) is 9.41. The number of fused-ring (bicyclic) bond motifs is 1. The minimum Gasteiger partial charge on any atom is -0.395 e. The first-order valence-corrected chi connectivity index (χ1v) is 12.2. The number of allylic oxidation sites excluding steroid dienone is 4. The number of aliphatic hydroxyl groups is 1. The number of aliphatic hydroxyl groups excluding tert-OH is 1. The summed E-state index contributed by atoms with van der Waals surface area (Å²) in [4.78, 5) is 13.4. The fraction of sp³-hybridized carbons (Fsp3) is 0.423. The number of carbonyl (C=O) groups is 1. The summed E-state index contributed by atoms with van der Waals surface area (Å²) in [6, 6.07) is 8.59. The van der Waals surface area contributed by atoms with Gasteiger partial charge in [-0.3, -0.25) is 4.79 Å². The number of para-hydroxylation sites is 1. The summed E-state index contributed by atoms with van der Waals surface area (Å²) in [5.41, 5.74) is 4.90. The number of carbonyl (C=O) groups excluding carboxylic acids is 1.